The molecule has 1 atom stereocenters. The number of aliphatic hydroxyl groups excluding tert-OH is 1. The molecule has 0 radical (unpaired) electrons. The van der Waals surface area contributed by atoms with Crippen LogP contribution in [0.1, 0.15) is 41.3 Å². The molecule has 0 aromatic heterocycles. The maximum Gasteiger partial charge on any atom is 0.255 e. The van der Waals surface area contributed by atoms with E-state index in [2.05, 4.69) is 5.32 Å². The number of nitrogens with one attached hydrogen (secondary N) is 1. The molecular formula is C14H17NO3. The molecule has 1 heterocycles. The van der Waals surface area contributed by atoms with E-state index < -0.39 is 6.10 Å². The summed E-state index contributed by atoms with van der Waals surface area (Å²) in [5.41, 5.74) is 1.35. The van der Waals surface area contributed by atoms with Gasteiger partial charge in [-0.2, -0.15) is 0 Å². The molecule has 2 aliphatic rings. The fraction of sp³-hybridized carbons (Fsp3) is 0.500. The monoisotopic (exact) mass is 247 g/mol. The van der Waals surface area contributed by atoms with Gasteiger partial charge in [-0.15, -0.1) is 0 Å². The van der Waals surface area contributed by atoms with Crippen LogP contribution in [0, 0.1) is 5.92 Å². The number of hydrogen-bond donors (Lipinski definition) is 2. The molecule has 0 spiro atoms. The third kappa shape index (κ3) is 1.97. The number of aliphatic hydroxyl groups is 1. The Bertz CT molecular complexity index is 468. The molecule has 4 nitrogen and oxygen atoms in total. The molecule has 1 amide bonds. The van der Waals surface area contributed by atoms with Crippen LogP contribution in [0.2, 0.25) is 0 Å². The largest absolute Gasteiger partial charge is 0.491 e. The van der Waals surface area contributed by atoms with E-state index in [1.54, 1.807) is 12.1 Å². The first-order chi connectivity index (χ1) is 8.75. The van der Waals surface area contributed by atoms with Crippen LogP contribution in [-0.4, -0.2) is 24.2 Å². The summed E-state index contributed by atoms with van der Waals surface area (Å²) >= 11 is 0. The molecule has 1 fully saturated rings. The standard InChI is InChI=1S/C14H17NO3/c16-13(9-2-1-3-9)10-4-5-12-11(8-10)14(17)15-6-7-18-12/h4-5,8-9,13,16H,1-3,6-7H2,(H,15,17). The highest BCUT2D eigenvalue weighted by Gasteiger charge is 2.28. The van der Waals surface area contributed by atoms with Crippen LogP contribution < -0.4 is 10.1 Å². The van der Waals surface area contributed by atoms with Crippen LogP contribution >= 0.6 is 0 Å². The highest BCUT2D eigenvalue weighted by molar-refractivity contribution is 5.97. The Morgan fingerprint density at radius 1 is 1.39 bits per heavy atom. The van der Waals surface area contributed by atoms with E-state index in [4.69, 9.17) is 4.74 Å². The van der Waals surface area contributed by atoms with Gasteiger partial charge < -0.3 is 15.2 Å². The number of hydrogen-bond acceptors (Lipinski definition) is 3. The smallest absolute Gasteiger partial charge is 0.255 e. The van der Waals surface area contributed by atoms with Gasteiger partial charge in [0.1, 0.15) is 12.4 Å². The maximum atomic E-state index is 11.9. The minimum atomic E-state index is -0.458. The Morgan fingerprint density at radius 3 is 2.94 bits per heavy atom. The zero-order valence-corrected chi connectivity index (χ0v) is 10.2. The fourth-order valence-electron chi connectivity index (χ4n) is 2.48. The predicted octanol–water partition coefficient (Wildman–Crippen LogP) is 1.64. The summed E-state index contributed by atoms with van der Waals surface area (Å²) in [4.78, 5) is 11.9. The number of benzene rings is 1. The van der Waals surface area contributed by atoms with E-state index in [0.717, 1.165) is 18.4 Å². The molecule has 1 aromatic carbocycles. The summed E-state index contributed by atoms with van der Waals surface area (Å²) in [6.45, 7) is 1.01. The lowest BCUT2D eigenvalue weighted by molar-refractivity contribution is 0.0620. The van der Waals surface area contributed by atoms with Crippen LogP contribution in [0.4, 0.5) is 0 Å². The van der Waals surface area contributed by atoms with Gasteiger partial charge in [0, 0.05) is 0 Å². The number of amides is 1. The van der Waals surface area contributed by atoms with Crippen LogP contribution in [-0.2, 0) is 0 Å². The van der Waals surface area contributed by atoms with Crippen molar-refractivity contribution in [2.24, 2.45) is 5.92 Å². The third-order valence-electron chi connectivity index (χ3n) is 3.83. The lowest BCUT2D eigenvalue weighted by Crippen LogP contribution is -2.25. The van der Waals surface area contributed by atoms with Gasteiger partial charge in [-0.3, -0.25) is 4.79 Å². The van der Waals surface area contributed by atoms with Gasteiger partial charge in [-0.25, -0.2) is 0 Å². The molecule has 0 saturated heterocycles. The molecule has 1 aliphatic heterocycles. The average Bonchev–Trinajstić information content (AvgIpc) is 2.49. The van der Waals surface area contributed by atoms with Crippen molar-refractivity contribution in [2.45, 2.75) is 25.4 Å². The molecule has 1 aliphatic carbocycles. The van der Waals surface area contributed by atoms with Gasteiger partial charge >= 0.3 is 0 Å². The fourth-order valence-corrected chi connectivity index (χ4v) is 2.48. The second-order valence-electron chi connectivity index (χ2n) is 5.00. The zero-order valence-electron chi connectivity index (χ0n) is 10.2. The molecule has 4 heteroatoms. The number of carbonyl (C=O) groups excluding carboxylic acids is 1. The Balaban J connectivity index is 1.91. The van der Waals surface area contributed by atoms with Crippen LogP contribution in [0.5, 0.6) is 5.75 Å². The molecule has 0 bridgehead atoms. The Kier molecular flexibility index (Phi) is 2.96. The molecule has 3 rings (SSSR count). The Hall–Kier alpha value is -1.55. The lowest BCUT2D eigenvalue weighted by Gasteiger charge is -2.30. The van der Waals surface area contributed by atoms with Crippen LogP contribution in [0.25, 0.3) is 0 Å². The highest BCUT2D eigenvalue weighted by Crippen LogP contribution is 2.38. The van der Waals surface area contributed by atoms with Crippen molar-refractivity contribution >= 4 is 5.91 Å². The van der Waals surface area contributed by atoms with E-state index in [0.29, 0.717) is 30.4 Å². The Labute approximate surface area is 106 Å². The van der Waals surface area contributed by atoms with Crippen molar-refractivity contribution in [3.63, 3.8) is 0 Å². The van der Waals surface area contributed by atoms with Crippen molar-refractivity contribution in [2.75, 3.05) is 13.2 Å². The summed E-state index contributed by atoms with van der Waals surface area (Å²) in [6.07, 6.45) is 2.87. The first-order valence-electron chi connectivity index (χ1n) is 6.49. The van der Waals surface area contributed by atoms with Crippen LogP contribution in [0.3, 0.4) is 0 Å². The maximum absolute atomic E-state index is 11.9. The van der Waals surface area contributed by atoms with Gasteiger partial charge in [0.25, 0.3) is 5.91 Å². The third-order valence-corrected chi connectivity index (χ3v) is 3.83. The summed E-state index contributed by atoms with van der Waals surface area (Å²) in [6, 6.07) is 5.41. The van der Waals surface area contributed by atoms with Crippen molar-refractivity contribution in [3.8, 4) is 5.75 Å². The van der Waals surface area contributed by atoms with E-state index in [1.807, 2.05) is 6.07 Å². The minimum absolute atomic E-state index is 0.120. The second kappa shape index (κ2) is 4.61. The first kappa shape index (κ1) is 11.5. The first-order valence-corrected chi connectivity index (χ1v) is 6.49. The summed E-state index contributed by atoms with van der Waals surface area (Å²) in [5.74, 6) is 0.831. The normalized spacial score (nSPS) is 21.1. The second-order valence-corrected chi connectivity index (χ2v) is 5.00. The number of fused-ring (bicyclic) bond motifs is 1. The Morgan fingerprint density at radius 2 is 2.22 bits per heavy atom. The molecule has 1 aromatic rings. The van der Waals surface area contributed by atoms with Gasteiger partial charge in [-0.05, 0) is 36.5 Å². The molecule has 1 saturated carbocycles. The van der Waals surface area contributed by atoms with Crippen molar-refractivity contribution in [1.82, 2.24) is 5.32 Å². The SMILES string of the molecule is O=C1NCCOc2ccc(C(O)C3CCC3)cc21. The number of rotatable bonds is 2. The summed E-state index contributed by atoms with van der Waals surface area (Å²) in [7, 11) is 0. The van der Waals surface area contributed by atoms with E-state index in [9.17, 15) is 9.90 Å². The quantitative estimate of drug-likeness (QED) is 0.835. The average molecular weight is 247 g/mol. The van der Waals surface area contributed by atoms with Crippen molar-refractivity contribution in [3.05, 3.63) is 29.3 Å². The van der Waals surface area contributed by atoms with Gasteiger partial charge in [0.15, 0.2) is 0 Å². The number of carbonyl (C=O) groups is 1. The van der Waals surface area contributed by atoms with Gasteiger partial charge in [-0.1, -0.05) is 12.5 Å². The lowest BCUT2D eigenvalue weighted by atomic mass is 9.78. The summed E-state index contributed by atoms with van der Waals surface area (Å²) in [5, 5.41) is 13.0. The van der Waals surface area contributed by atoms with E-state index in [1.165, 1.54) is 6.42 Å². The molecule has 2 N–H and O–H groups in total. The molecule has 96 valence electrons. The molecular weight excluding hydrogens is 230 g/mol. The van der Waals surface area contributed by atoms with Crippen LogP contribution in [0.15, 0.2) is 18.2 Å². The number of ether oxygens (including phenoxy) is 1. The van der Waals surface area contributed by atoms with Crippen molar-refractivity contribution < 1.29 is 14.6 Å². The zero-order chi connectivity index (χ0) is 12.5. The predicted molar refractivity (Wildman–Crippen MR) is 66.6 cm³/mol. The van der Waals surface area contributed by atoms with E-state index in [-0.39, 0.29) is 5.91 Å². The topological polar surface area (TPSA) is 58.6 Å². The van der Waals surface area contributed by atoms with Crippen molar-refractivity contribution in [1.29, 1.82) is 0 Å². The van der Waals surface area contributed by atoms with Gasteiger partial charge in [0.2, 0.25) is 0 Å². The molecule has 1 unspecified atom stereocenters. The summed E-state index contributed by atoms with van der Waals surface area (Å²) < 4.78 is 5.49. The van der Waals surface area contributed by atoms with E-state index >= 15 is 0 Å². The van der Waals surface area contributed by atoms with Gasteiger partial charge in [0.05, 0.1) is 18.2 Å². The highest BCUT2D eigenvalue weighted by atomic mass is 16.5. The molecule has 18 heavy (non-hydrogen) atoms. The minimum Gasteiger partial charge on any atom is -0.491 e.